The van der Waals surface area contributed by atoms with Crippen molar-refractivity contribution in [2.24, 2.45) is 0 Å². The Balaban J connectivity index is 3.26. The molecule has 0 heterocycles. The summed E-state index contributed by atoms with van der Waals surface area (Å²) in [6.07, 6.45) is 2.18. The van der Waals surface area contributed by atoms with Crippen LogP contribution in [0.1, 0.15) is 38.8 Å². The van der Waals surface area contributed by atoms with Crippen LogP contribution in [0.4, 0.5) is 0 Å². The molecule has 0 aliphatic carbocycles. The predicted octanol–water partition coefficient (Wildman–Crippen LogP) is 2.56. The van der Waals surface area contributed by atoms with Crippen LogP contribution in [0.3, 0.4) is 0 Å². The van der Waals surface area contributed by atoms with E-state index in [0.29, 0.717) is 6.61 Å². The van der Waals surface area contributed by atoms with Gasteiger partial charge in [-0.2, -0.15) is 0 Å². The predicted molar refractivity (Wildman–Crippen MR) is 83.0 cm³/mol. The highest BCUT2D eigenvalue weighted by Crippen LogP contribution is 2.36. The molecule has 0 bridgehead atoms. The van der Waals surface area contributed by atoms with Crippen molar-refractivity contribution in [1.82, 2.24) is 5.32 Å². The average molecular weight is 299 g/mol. The van der Waals surface area contributed by atoms with Crippen LogP contribution in [-0.2, 0) is 9.84 Å². The molecule has 0 saturated heterocycles. The van der Waals surface area contributed by atoms with Crippen molar-refractivity contribution in [3.63, 3.8) is 0 Å². The van der Waals surface area contributed by atoms with E-state index in [4.69, 9.17) is 4.74 Å². The van der Waals surface area contributed by atoms with Gasteiger partial charge in [0.1, 0.15) is 5.75 Å². The first-order valence-corrected chi connectivity index (χ1v) is 8.73. The second kappa shape index (κ2) is 6.59. The Bertz CT molecular complexity index is 538. The summed E-state index contributed by atoms with van der Waals surface area (Å²) in [5.74, 6) is 0.741. The van der Waals surface area contributed by atoms with Crippen molar-refractivity contribution in [2.75, 3.05) is 19.9 Å². The molecule has 1 aromatic carbocycles. The Morgan fingerprint density at radius 3 is 2.40 bits per heavy atom. The fourth-order valence-corrected chi connectivity index (χ4v) is 2.83. The standard InChI is InChI=1S/C15H25NO3S/c1-6-11-19-13-10-8-7-9-12(13)14(16-4)15(2,3)20(5,17)18/h7-10,14,16H,6,11H2,1-5H3. The Kier molecular flexibility index (Phi) is 5.59. The second-order valence-electron chi connectivity index (χ2n) is 5.48. The van der Waals surface area contributed by atoms with Gasteiger partial charge in [0, 0.05) is 11.8 Å². The van der Waals surface area contributed by atoms with Crippen molar-refractivity contribution in [1.29, 1.82) is 0 Å². The molecule has 0 saturated carbocycles. The first-order valence-electron chi connectivity index (χ1n) is 6.84. The normalized spacial score (nSPS) is 14.1. The van der Waals surface area contributed by atoms with Crippen molar-refractivity contribution in [3.8, 4) is 5.75 Å². The zero-order valence-electron chi connectivity index (χ0n) is 12.9. The van der Waals surface area contributed by atoms with E-state index in [2.05, 4.69) is 5.32 Å². The Morgan fingerprint density at radius 2 is 1.90 bits per heavy atom. The molecular formula is C15H25NO3S. The quantitative estimate of drug-likeness (QED) is 0.840. The van der Waals surface area contributed by atoms with E-state index in [-0.39, 0.29) is 6.04 Å². The van der Waals surface area contributed by atoms with E-state index in [1.807, 2.05) is 31.2 Å². The van der Waals surface area contributed by atoms with E-state index >= 15 is 0 Å². The van der Waals surface area contributed by atoms with Crippen molar-refractivity contribution >= 4 is 9.84 Å². The first kappa shape index (κ1) is 17.0. The summed E-state index contributed by atoms with van der Waals surface area (Å²) in [7, 11) is -1.45. The Hall–Kier alpha value is -1.07. The summed E-state index contributed by atoms with van der Waals surface area (Å²) >= 11 is 0. The van der Waals surface area contributed by atoms with Gasteiger partial charge in [-0.25, -0.2) is 8.42 Å². The molecule has 114 valence electrons. The molecule has 0 radical (unpaired) electrons. The van der Waals surface area contributed by atoms with Crippen LogP contribution in [0.5, 0.6) is 5.75 Å². The van der Waals surface area contributed by atoms with Gasteiger partial charge in [0.05, 0.1) is 17.4 Å². The minimum absolute atomic E-state index is 0.328. The largest absolute Gasteiger partial charge is 0.493 e. The lowest BCUT2D eigenvalue weighted by Crippen LogP contribution is -2.44. The van der Waals surface area contributed by atoms with Crippen molar-refractivity contribution in [3.05, 3.63) is 29.8 Å². The van der Waals surface area contributed by atoms with Crippen LogP contribution in [0.15, 0.2) is 24.3 Å². The lowest BCUT2D eigenvalue weighted by Gasteiger charge is -2.33. The van der Waals surface area contributed by atoms with E-state index in [1.54, 1.807) is 20.9 Å². The topological polar surface area (TPSA) is 55.4 Å². The molecule has 4 nitrogen and oxygen atoms in total. The SMILES string of the molecule is CCCOc1ccccc1C(NC)C(C)(C)S(C)(=O)=O. The van der Waals surface area contributed by atoms with E-state index in [9.17, 15) is 8.42 Å². The number of hydrogen-bond acceptors (Lipinski definition) is 4. The van der Waals surface area contributed by atoms with Gasteiger partial charge in [0.25, 0.3) is 0 Å². The summed E-state index contributed by atoms with van der Waals surface area (Å²) in [4.78, 5) is 0. The molecule has 5 heteroatoms. The molecule has 1 aromatic rings. The highest BCUT2D eigenvalue weighted by Gasteiger charge is 2.40. The third-order valence-electron chi connectivity index (χ3n) is 3.63. The van der Waals surface area contributed by atoms with E-state index < -0.39 is 14.6 Å². The van der Waals surface area contributed by atoms with Crippen LogP contribution in [-0.4, -0.2) is 33.1 Å². The molecule has 0 aromatic heterocycles. The number of hydrogen-bond donors (Lipinski definition) is 1. The number of rotatable bonds is 7. The summed E-state index contributed by atoms with van der Waals surface area (Å²) in [6.45, 7) is 6.13. The maximum Gasteiger partial charge on any atom is 0.154 e. The summed E-state index contributed by atoms with van der Waals surface area (Å²) in [5.41, 5.74) is 0.874. The molecule has 20 heavy (non-hydrogen) atoms. The van der Waals surface area contributed by atoms with E-state index in [1.165, 1.54) is 6.26 Å². The third-order valence-corrected chi connectivity index (χ3v) is 5.78. The molecule has 1 atom stereocenters. The van der Waals surface area contributed by atoms with Crippen LogP contribution >= 0.6 is 0 Å². The minimum atomic E-state index is -3.22. The van der Waals surface area contributed by atoms with Crippen LogP contribution in [0.2, 0.25) is 0 Å². The number of nitrogens with one attached hydrogen (secondary N) is 1. The molecular weight excluding hydrogens is 274 g/mol. The molecule has 0 aliphatic heterocycles. The number of para-hydroxylation sites is 1. The highest BCUT2D eigenvalue weighted by atomic mass is 32.2. The van der Waals surface area contributed by atoms with Gasteiger partial charge in [-0.05, 0) is 33.4 Å². The monoisotopic (exact) mass is 299 g/mol. The molecule has 1 unspecified atom stereocenters. The summed E-state index contributed by atoms with van der Waals surface area (Å²) < 4.78 is 29.0. The van der Waals surface area contributed by atoms with E-state index in [0.717, 1.165) is 17.7 Å². The number of ether oxygens (including phenoxy) is 1. The first-order chi connectivity index (χ1) is 9.25. The zero-order valence-corrected chi connectivity index (χ0v) is 13.8. The molecule has 1 rings (SSSR count). The Labute approximate surface area is 122 Å². The summed E-state index contributed by atoms with van der Waals surface area (Å²) in [6, 6.07) is 7.27. The van der Waals surface area contributed by atoms with Crippen LogP contribution < -0.4 is 10.1 Å². The molecule has 0 amide bonds. The fourth-order valence-electron chi connectivity index (χ4n) is 2.15. The maximum atomic E-state index is 12.1. The van der Waals surface area contributed by atoms with Gasteiger partial charge in [-0.15, -0.1) is 0 Å². The smallest absolute Gasteiger partial charge is 0.154 e. The van der Waals surface area contributed by atoms with Crippen LogP contribution in [0, 0.1) is 0 Å². The van der Waals surface area contributed by atoms with Gasteiger partial charge in [-0.3, -0.25) is 0 Å². The van der Waals surface area contributed by atoms with Gasteiger partial charge in [0.2, 0.25) is 0 Å². The molecule has 0 aliphatic rings. The number of sulfone groups is 1. The Morgan fingerprint density at radius 1 is 1.30 bits per heavy atom. The van der Waals surface area contributed by atoms with Crippen molar-refractivity contribution in [2.45, 2.75) is 38.0 Å². The zero-order chi connectivity index (χ0) is 15.4. The van der Waals surface area contributed by atoms with Gasteiger partial charge >= 0.3 is 0 Å². The lowest BCUT2D eigenvalue weighted by molar-refractivity contribution is 0.307. The van der Waals surface area contributed by atoms with Gasteiger partial charge in [0.15, 0.2) is 9.84 Å². The number of benzene rings is 1. The third kappa shape index (κ3) is 3.52. The minimum Gasteiger partial charge on any atom is -0.493 e. The van der Waals surface area contributed by atoms with Crippen molar-refractivity contribution < 1.29 is 13.2 Å². The average Bonchev–Trinajstić information content (AvgIpc) is 2.37. The summed E-state index contributed by atoms with van der Waals surface area (Å²) in [5, 5.41) is 3.12. The van der Waals surface area contributed by atoms with Gasteiger partial charge in [-0.1, -0.05) is 25.1 Å². The lowest BCUT2D eigenvalue weighted by atomic mass is 9.94. The molecule has 0 spiro atoms. The molecule has 0 fully saturated rings. The molecule has 1 N–H and O–H groups in total. The maximum absolute atomic E-state index is 12.1. The fraction of sp³-hybridized carbons (Fsp3) is 0.600. The van der Waals surface area contributed by atoms with Gasteiger partial charge < -0.3 is 10.1 Å². The second-order valence-corrected chi connectivity index (χ2v) is 8.08. The highest BCUT2D eigenvalue weighted by molar-refractivity contribution is 7.92. The van der Waals surface area contributed by atoms with Crippen LogP contribution in [0.25, 0.3) is 0 Å².